The van der Waals surface area contributed by atoms with Crippen molar-refractivity contribution in [2.45, 2.75) is 12.3 Å². The van der Waals surface area contributed by atoms with Crippen LogP contribution in [0.15, 0.2) is 11.8 Å². The number of aliphatic hydroxyl groups is 1. The van der Waals surface area contributed by atoms with Crippen LogP contribution < -0.4 is 0 Å². The van der Waals surface area contributed by atoms with Crippen molar-refractivity contribution < 1.29 is 18.7 Å². The maximum Gasteiger partial charge on any atom is 0.379 e. The second kappa shape index (κ2) is 2.96. The second-order valence-electron chi connectivity index (χ2n) is 1.64. The van der Waals surface area contributed by atoms with Crippen molar-refractivity contribution in [1.82, 2.24) is 0 Å². The Morgan fingerprint density at radius 1 is 1.70 bits per heavy atom. The van der Waals surface area contributed by atoms with Crippen molar-refractivity contribution >= 4 is 17.4 Å². The number of ketones is 1. The number of rotatable bonds is 2. The van der Waals surface area contributed by atoms with Gasteiger partial charge in [0, 0.05) is 6.08 Å². The van der Waals surface area contributed by atoms with Crippen molar-refractivity contribution in [3.8, 4) is 0 Å². The Hall–Kier alpha value is -0.640. The van der Waals surface area contributed by atoms with E-state index < -0.39 is 16.9 Å². The summed E-state index contributed by atoms with van der Waals surface area (Å²) in [6, 6.07) is 0. The number of alkyl halides is 3. The first-order valence-electron chi connectivity index (χ1n) is 2.32. The van der Waals surface area contributed by atoms with Gasteiger partial charge in [0.1, 0.15) is 0 Å². The maximum atomic E-state index is 11.8. The van der Waals surface area contributed by atoms with Gasteiger partial charge >= 0.3 is 5.38 Å². The summed E-state index contributed by atoms with van der Waals surface area (Å²) in [5.41, 5.74) is 0. The SMILES string of the molecule is CC(=O)/C=C(/O)C(F)(F)Cl. The molecule has 0 spiro atoms. The van der Waals surface area contributed by atoms with Gasteiger partial charge in [0.05, 0.1) is 0 Å². The van der Waals surface area contributed by atoms with E-state index in [4.69, 9.17) is 5.11 Å². The van der Waals surface area contributed by atoms with Crippen LogP contribution in [0.5, 0.6) is 0 Å². The fraction of sp³-hybridized carbons (Fsp3) is 0.400. The van der Waals surface area contributed by atoms with Crippen LogP contribution in [0.2, 0.25) is 0 Å². The van der Waals surface area contributed by atoms with Crippen LogP contribution in [0.1, 0.15) is 6.92 Å². The van der Waals surface area contributed by atoms with Crippen LogP contribution in [0.4, 0.5) is 8.78 Å². The summed E-state index contributed by atoms with van der Waals surface area (Å²) in [5.74, 6) is -2.11. The van der Waals surface area contributed by atoms with E-state index in [1.807, 2.05) is 0 Å². The van der Waals surface area contributed by atoms with Gasteiger partial charge in [0.15, 0.2) is 11.5 Å². The Morgan fingerprint density at radius 3 is 2.20 bits per heavy atom. The molecule has 0 radical (unpaired) electrons. The minimum absolute atomic E-state index is 0.368. The summed E-state index contributed by atoms with van der Waals surface area (Å²) in [5, 5.41) is 4.47. The lowest BCUT2D eigenvalue weighted by Crippen LogP contribution is -2.10. The average Bonchev–Trinajstić information content (AvgIpc) is 1.60. The number of carbonyl (C=O) groups is 1. The van der Waals surface area contributed by atoms with Gasteiger partial charge in [-0.05, 0) is 18.5 Å². The molecule has 1 N–H and O–H groups in total. The number of carbonyl (C=O) groups excluding carboxylic acids is 1. The van der Waals surface area contributed by atoms with Crippen molar-refractivity contribution in [1.29, 1.82) is 0 Å². The molecule has 0 aliphatic rings. The van der Waals surface area contributed by atoms with E-state index in [9.17, 15) is 13.6 Å². The molecule has 0 unspecified atom stereocenters. The van der Waals surface area contributed by atoms with Crippen LogP contribution in [-0.2, 0) is 4.79 Å². The molecule has 0 fully saturated rings. The zero-order chi connectivity index (χ0) is 8.36. The van der Waals surface area contributed by atoms with E-state index in [0.717, 1.165) is 6.92 Å². The molecule has 0 heterocycles. The smallest absolute Gasteiger partial charge is 0.379 e. The van der Waals surface area contributed by atoms with Gasteiger partial charge in [-0.1, -0.05) is 0 Å². The lowest BCUT2D eigenvalue weighted by Gasteiger charge is -2.03. The summed E-state index contributed by atoms with van der Waals surface area (Å²) >= 11 is 4.32. The van der Waals surface area contributed by atoms with Gasteiger partial charge in [-0.2, -0.15) is 8.78 Å². The summed E-state index contributed by atoms with van der Waals surface area (Å²) in [7, 11) is 0. The normalized spacial score (nSPS) is 13.4. The van der Waals surface area contributed by atoms with Crippen molar-refractivity contribution in [2.24, 2.45) is 0 Å². The quantitative estimate of drug-likeness (QED) is 0.390. The fourth-order valence-corrected chi connectivity index (χ4v) is 0.329. The lowest BCUT2D eigenvalue weighted by molar-refractivity contribution is -0.113. The summed E-state index contributed by atoms with van der Waals surface area (Å²) in [6.45, 7) is 1.03. The summed E-state index contributed by atoms with van der Waals surface area (Å²) in [4.78, 5) is 10.1. The molecule has 0 bridgehead atoms. The molecule has 58 valence electrons. The van der Waals surface area contributed by atoms with Gasteiger partial charge in [0.25, 0.3) is 0 Å². The number of hydrogen-bond acceptors (Lipinski definition) is 2. The van der Waals surface area contributed by atoms with Gasteiger partial charge < -0.3 is 5.11 Å². The predicted molar refractivity (Wildman–Crippen MR) is 32.2 cm³/mol. The molecule has 0 atom stereocenters. The van der Waals surface area contributed by atoms with E-state index in [1.54, 1.807) is 0 Å². The Morgan fingerprint density at radius 2 is 2.10 bits per heavy atom. The van der Waals surface area contributed by atoms with Crippen LogP contribution in [0, 0.1) is 0 Å². The standard InChI is InChI=1S/C5H5ClF2O2/c1-3(9)2-4(10)5(6,7)8/h2,10H,1H3/b4-2+. The maximum absolute atomic E-state index is 11.8. The van der Waals surface area contributed by atoms with Crippen LogP contribution >= 0.6 is 11.6 Å². The van der Waals surface area contributed by atoms with Gasteiger partial charge in [-0.15, -0.1) is 0 Å². The molecule has 0 aromatic carbocycles. The molecule has 5 heteroatoms. The molecule has 0 aromatic heterocycles. The van der Waals surface area contributed by atoms with Crippen LogP contribution in [0.25, 0.3) is 0 Å². The molecule has 0 aliphatic heterocycles. The molecule has 2 nitrogen and oxygen atoms in total. The van der Waals surface area contributed by atoms with Crippen molar-refractivity contribution in [3.63, 3.8) is 0 Å². The van der Waals surface area contributed by atoms with Crippen LogP contribution in [-0.4, -0.2) is 16.3 Å². The second-order valence-corrected chi connectivity index (χ2v) is 2.11. The zero-order valence-electron chi connectivity index (χ0n) is 5.07. The first-order chi connectivity index (χ1) is 4.34. The monoisotopic (exact) mass is 170 g/mol. The highest BCUT2D eigenvalue weighted by Crippen LogP contribution is 2.26. The zero-order valence-corrected chi connectivity index (χ0v) is 5.82. The Bertz CT molecular complexity index is 171. The van der Waals surface area contributed by atoms with Gasteiger partial charge in [-0.3, -0.25) is 4.79 Å². The first-order valence-corrected chi connectivity index (χ1v) is 2.70. The molecular weight excluding hydrogens is 166 g/mol. The molecule has 0 rings (SSSR count). The highest BCUT2D eigenvalue weighted by atomic mass is 35.5. The third-order valence-corrected chi connectivity index (χ3v) is 0.824. The van der Waals surface area contributed by atoms with Gasteiger partial charge in [0.2, 0.25) is 0 Å². The highest BCUT2D eigenvalue weighted by molar-refractivity contribution is 6.23. The Balaban J connectivity index is 4.35. The predicted octanol–water partition coefficient (Wildman–Crippen LogP) is 1.85. The molecule has 0 amide bonds. The highest BCUT2D eigenvalue weighted by Gasteiger charge is 2.30. The van der Waals surface area contributed by atoms with Gasteiger partial charge in [-0.25, -0.2) is 0 Å². The summed E-state index contributed by atoms with van der Waals surface area (Å²) in [6.07, 6.45) is 0.368. The van der Waals surface area contributed by atoms with Crippen molar-refractivity contribution in [2.75, 3.05) is 0 Å². The molecule has 10 heavy (non-hydrogen) atoms. The first kappa shape index (κ1) is 9.36. The molecule has 0 saturated heterocycles. The number of aliphatic hydroxyl groups excluding tert-OH is 1. The van der Waals surface area contributed by atoms with E-state index in [2.05, 4.69) is 11.6 Å². The topological polar surface area (TPSA) is 37.3 Å². The number of hydrogen-bond donors (Lipinski definition) is 1. The van der Waals surface area contributed by atoms with E-state index in [1.165, 1.54) is 0 Å². The number of allylic oxidation sites excluding steroid dienone is 2. The van der Waals surface area contributed by atoms with Crippen molar-refractivity contribution in [3.05, 3.63) is 11.8 Å². The lowest BCUT2D eigenvalue weighted by atomic mass is 10.3. The minimum atomic E-state index is -3.84. The molecule has 0 aliphatic carbocycles. The molecule has 0 saturated carbocycles. The Kier molecular flexibility index (Phi) is 2.77. The summed E-state index contributed by atoms with van der Waals surface area (Å²) < 4.78 is 23.5. The van der Waals surface area contributed by atoms with E-state index in [-0.39, 0.29) is 0 Å². The largest absolute Gasteiger partial charge is 0.505 e. The van der Waals surface area contributed by atoms with E-state index >= 15 is 0 Å². The van der Waals surface area contributed by atoms with E-state index in [0.29, 0.717) is 6.08 Å². The molecule has 0 aromatic rings. The fourth-order valence-electron chi connectivity index (χ4n) is 0.274. The van der Waals surface area contributed by atoms with Crippen LogP contribution in [0.3, 0.4) is 0 Å². The Labute approximate surface area is 61.1 Å². The number of halogens is 3. The third-order valence-electron chi connectivity index (χ3n) is 0.630. The third kappa shape index (κ3) is 3.40. The molecular formula is C5H5ClF2O2. The minimum Gasteiger partial charge on any atom is -0.505 e. The average molecular weight is 171 g/mol.